The third-order valence-electron chi connectivity index (χ3n) is 4.44. The number of amides is 1. The number of fused-ring (bicyclic) bond motifs is 1. The zero-order valence-electron chi connectivity index (χ0n) is 16.8. The number of benzene rings is 2. The molecule has 0 radical (unpaired) electrons. The van der Waals surface area contributed by atoms with Crippen LogP contribution in [0.2, 0.25) is 0 Å². The van der Waals surface area contributed by atoms with Crippen LogP contribution in [0, 0.1) is 0 Å². The van der Waals surface area contributed by atoms with Crippen LogP contribution in [-0.2, 0) is 4.74 Å². The van der Waals surface area contributed by atoms with Crippen molar-refractivity contribution in [3.05, 3.63) is 54.1 Å². The lowest BCUT2D eigenvalue weighted by atomic mass is 10.1. The maximum absolute atomic E-state index is 12.8. The Morgan fingerprint density at radius 3 is 2.62 bits per heavy atom. The number of para-hydroxylation sites is 1. The lowest BCUT2D eigenvalue weighted by Gasteiger charge is -2.14. The summed E-state index contributed by atoms with van der Waals surface area (Å²) in [5.74, 6) is 1.72. The van der Waals surface area contributed by atoms with Crippen LogP contribution in [0.1, 0.15) is 16.8 Å². The average molecular weight is 395 g/mol. The van der Waals surface area contributed by atoms with Gasteiger partial charge in [-0.15, -0.1) is 0 Å². The quantitative estimate of drug-likeness (QED) is 0.537. The zero-order chi connectivity index (χ0) is 20.6. The van der Waals surface area contributed by atoms with Crippen molar-refractivity contribution >= 4 is 28.3 Å². The van der Waals surface area contributed by atoms with Crippen molar-refractivity contribution in [3.63, 3.8) is 0 Å². The van der Waals surface area contributed by atoms with Gasteiger partial charge < -0.3 is 24.8 Å². The molecule has 3 aromatic rings. The molecule has 1 amide bonds. The van der Waals surface area contributed by atoms with Gasteiger partial charge >= 0.3 is 0 Å². The van der Waals surface area contributed by atoms with Crippen LogP contribution in [0.15, 0.2) is 48.5 Å². The molecule has 2 N–H and O–H groups in total. The van der Waals surface area contributed by atoms with Crippen molar-refractivity contribution in [2.75, 3.05) is 39.8 Å². The van der Waals surface area contributed by atoms with E-state index in [4.69, 9.17) is 14.2 Å². The molecule has 0 fully saturated rings. The highest BCUT2D eigenvalue weighted by atomic mass is 16.5. The molecule has 1 aromatic heterocycles. The van der Waals surface area contributed by atoms with E-state index in [1.807, 2.05) is 42.5 Å². The minimum absolute atomic E-state index is 0.152. The van der Waals surface area contributed by atoms with E-state index in [-0.39, 0.29) is 5.91 Å². The Balaban J connectivity index is 1.94. The summed E-state index contributed by atoms with van der Waals surface area (Å²) in [4.78, 5) is 17.4. The Hall–Kier alpha value is -3.32. The van der Waals surface area contributed by atoms with Crippen molar-refractivity contribution in [1.29, 1.82) is 0 Å². The van der Waals surface area contributed by atoms with Crippen molar-refractivity contribution in [2.24, 2.45) is 0 Å². The van der Waals surface area contributed by atoms with Crippen LogP contribution in [0.3, 0.4) is 0 Å². The number of anilines is 2. The van der Waals surface area contributed by atoms with Gasteiger partial charge in [-0.3, -0.25) is 4.79 Å². The summed E-state index contributed by atoms with van der Waals surface area (Å²) in [6.45, 7) is 1.13. The predicted molar refractivity (Wildman–Crippen MR) is 113 cm³/mol. The first-order valence-corrected chi connectivity index (χ1v) is 9.32. The molecule has 0 aliphatic carbocycles. The van der Waals surface area contributed by atoms with Crippen molar-refractivity contribution in [2.45, 2.75) is 6.42 Å². The van der Waals surface area contributed by atoms with Crippen LogP contribution in [-0.4, -0.2) is 45.4 Å². The van der Waals surface area contributed by atoms with Gasteiger partial charge in [-0.2, -0.15) is 0 Å². The molecule has 0 unspecified atom stereocenters. The maximum Gasteiger partial charge on any atom is 0.252 e. The molecular weight excluding hydrogens is 370 g/mol. The molecule has 0 atom stereocenters. The number of nitrogens with one attached hydrogen (secondary N) is 2. The molecule has 29 heavy (non-hydrogen) atoms. The number of aromatic nitrogens is 1. The summed E-state index contributed by atoms with van der Waals surface area (Å²) in [7, 11) is 4.84. The lowest BCUT2D eigenvalue weighted by Crippen LogP contribution is -2.25. The molecule has 0 aliphatic heterocycles. The van der Waals surface area contributed by atoms with Crippen LogP contribution < -0.4 is 20.1 Å². The molecule has 7 nitrogen and oxygen atoms in total. The number of nitrogens with zero attached hydrogens (tertiary/aromatic N) is 1. The van der Waals surface area contributed by atoms with E-state index < -0.39 is 0 Å². The first-order chi connectivity index (χ1) is 14.2. The van der Waals surface area contributed by atoms with Gasteiger partial charge in [0.2, 0.25) is 0 Å². The highest BCUT2D eigenvalue weighted by molar-refractivity contribution is 6.07. The molecule has 1 heterocycles. The second kappa shape index (κ2) is 9.75. The van der Waals surface area contributed by atoms with Crippen molar-refractivity contribution < 1.29 is 19.0 Å². The van der Waals surface area contributed by atoms with Gasteiger partial charge in [0.25, 0.3) is 5.91 Å². The number of carbonyl (C=O) groups is 1. The van der Waals surface area contributed by atoms with Gasteiger partial charge in [0, 0.05) is 31.7 Å². The molecule has 3 rings (SSSR count). The summed E-state index contributed by atoms with van der Waals surface area (Å²) in [6, 6.07) is 14.7. The highest BCUT2D eigenvalue weighted by Crippen LogP contribution is 2.32. The van der Waals surface area contributed by atoms with Gasteiger partial charge in [-0.05, 0) is 30.7 Å². The van der Waals surface area contributed by atoms with Gasteiger partial charge in [-0.1, -0.05) is 18.2 Å². The fraction of sp³-hybridized carbons (Fsp3) is 0.273. The SMILES string of the molecule is COCCCNC(=O)c1cc(Nc2cc(OC)ccc2OC)nc2ccccc12. The molecule has 0 saturated carbocycles. The molecule has 152 valence electrons. The first-order valence-electron chi connectivity index (χ1n) is 9.32. The second-order valence-corrected chi connectivity index (χ2v) is 6.37. The van der Waals surface area contributed by atoms with E-state index in [1.54, 1.807) is 27.4 Å². The Kier molecular flexibility index (Phi) is 6.86. The highest BCUT2D eigenvalue weighted by Gasteiger charge is 2.14. The summed E-state index contributed by atoms with van der Waals surface area (Å²) in [5.41, 5.74) is 1.97. The van der Waals surface area contributed by atoms with E-state index in [2.05, 4.69) is 15.6 Å². The normalized spacial score (nSPS) is 10.6. The fourth-order valence-corrected chi connectivity index (χ4v) is 2.99. The summed E-state index contributed by atoms with van der Waals surface area (Å²) < 4.78 is 15.8. The molecule has 0 bridgehead atoms. The number of rotatable bonds is 9. The van der Waals surface area contributed by atoms with Crippen LogP contribution in [0.25, 0.3) is 10.9 Å². The number of ether oxygens (including phenoxy) is 3. The molecule has 7 heteroatoms. The topological polar surface area (TPSA) is 81.7 Å². The van der Waals surface area contributed by atoms with Crippen LogP contribution >= 0.6 is 0 Å². The first kappa shape index (κ1) is 20.4. The molecule has 0 saturated heterocycles. The minimum atomic E-state index is -0.152. The van der Waals surface area contributed by atoms with Crippen molar-refractivity contribution in [3.8, 4) is 11.5 Å². The van der Waals surface area contributed by atoms with Gasteiger partial charge in [0.15, 0.2) is 0 Å². The standard InChI is InChI=1S/C22H25N3O4/c1-27-12-6-11-23-22(26)17-14-21(24-18-8-5-4-7-16(17)18)25-19-13-15(28-2)9-10-20(19)29-3/h4-5,7-10,13-14H,6,11-12H2,1-3H3,(H,23,26)(H,24,25). The second-order valence-electron chi connectivity index (χ2n) is 6.37. The van der Waals surface area contributed by atoms with Gasteiger partial charge in [0.1, 0.15) is 17.3 Å². The fourth-order valence-electron chi connectivity index (χ4n) is 2.99. The minimum Gasteiger partial charge on any atom is -0.497 e. The van der Waals surface area contributed by atoms with Crippen LogP contribution in [0.4, 0.5) is 11.5 Å². The largest absolute Gasteiger partial charge is 0.497 e. The number of methoxy groups -OCH3 is 3. The Bertz CT molecular complexity index is 991. The monoisotopic (exact) mass is 395 g/mol. The predicted octanol–water partition coefficient (Wildman–Crippen LogP) is 3.76. The summed E-state index contributed by atoms with van der Waals surface area (Å²) in [6.07, 6.45) is 0.747. The Morgan fingerprint density at radius 1 is 1.03 bits per heavy atom. The molecule has 0 aliphatic rings. The Labute approximate surface area is 170 Å². The molecule has 2 aromatic carbocycles. The van der Waals surface area contributed by atoms with Gasteiger partial charge in [-0.25, -0.2) is 4.98 Å². The third-order valence-corrected chi connectivity index (χ3v) is 4.44. The maximum atomic E-state index is 12.8. The van der Waals surface area contributed by atoms with Gasteiger partial charge in [0.05, 0.1) is 31.0 Å². The number of carbonyl (C=O) groups excluding carboxylic acids is 1. The lowest BCUT2D eigenvalue weighted by molar-refractivity contribution is 0.0950. The van der Waals surface area contributed by atoms with E-state index in [1.165, 1.54) is 0 Å². The molecule has 0 spiro atoms. The van der Waals surface area contributed by atoms with Crippen LogP contribution in [0.5, 0.6) is 11.5 Å². The van der Waals surface area contributed by atoms with Crippen molar-refractivity contribution in [1.82, 2.24) is 10.3 Å². The molecular formula is C22H25N3O4. The smallest absolute Gasteiger partial charge is 0.252 e. The van der Waals surface area contributed by atoms with E-state index in [0.717, 1.165) is 17.3 Å². The third kappa shape index (κ3) is 4.94. The number of hydrogen-bond donors (Lipinski definition) is 2. The Morgan fingerprint density at radius 2 is 1.86 bits per heavy atom. The van der Waals surface area contributed by atoms with E-state index in [9.17, 15) is 4.79 Å². The number of pyridine rings is 1. The van der Waals surface area contributed by atoms with E-state index in [0.29, 0.717) is 41.7 Å². The summed E-state index contributed by atoms with van der Waals surface area (Å²) in [5, 5.41) is 6.98. The average Bonchev–Trinajstić information content (AvgIpc) is 2.76. The summed E-state index contributed by atoms with van der Waals surface area (Å²) >= 11 is 0. The zero-order valence-corrected chi connectivity index (χ0v) is 16.8. The van der Waals surface area contributed by atoms with E-state index >= 15 is 0 Å². The number of hydrogen-bond acceptors (Lipinski definition) is 6.